The van der Waals surface area contributed by atoms with Crippen LogP contribution in [0.4, 0.5) is 0 Å². The number of aryl methyl sites for hydroxylation is 1. The molecule has 6 heteroatoms. The summed E-state index contributed by atoms with van der Waals surface area (Å²) in [5.41, 5.74) is 3.33. The summed E-state index contributed by atoms with van der Waals surface area (Å²) in [6, 6.07) is 13.6. The van der Waals surface area contributed by atoms with Crippen molar-refractivity contribution in [2.24, 2.45) is 0 Å². The molecule has 0 saturated heterocycles. The molecule has 1 saturated carbocycles. The Morgan fingerprint density at radius 3 is 2.46 bits per heavy atom. The third-order valence-electron chi connectivity index (χ3n) is 6.91. The first kappa shape index (κ1) is 27.3. The van der Waals surface area contributed by atoms with Crippen molar-refractivity contribution in [3.63, 3.8) is 0 Å². The van der Waals surface area contributed by atoms with Gasteiger partial charge in [0.2, 0.25) is 5.91 Å². The standard InChI is InChI=1S/C29H39BrN2O3/c1-5-26(29(34)31-24-13-7-6-8-14-24)32(18-23-12-10-9-11-21(23)4)28(33)19-35-27-16-15-22(20(2)3)17-25(27)30/h9-12,15-17,20,24,26H,5-8,13-14,18-19H2,1-4H3,(H,31,34)/t26-/m0/s1. The van der Waals surface area contributed by atoms with Crippen molar-refractivity contribution < 1.29 is 14.3 Å². The number of hydrogen-bond acceptors (Lipinski definition) is 3. The summed E-state index contributed by atoms with van der Waals surface area (Å²) in [7, 11) is 0. The maximum Gasteiger partial charge on any atom is 0.261 e. The molecule has 5 nitrogen and oxygen atoms in total. The van der Waals surface area contributed by atoms with Gasteiger partial charge >= 0.3 is 0 Å². The van der Waals surface area contributed by atoms with Gasteiger partial charge in [0.15, 0.2) is 6.61 Å². The molecule has 0 radical (unpaired) electrons. The van der Waals surface area contributed by atoms with E-state index in [-0.39, 0.29) is 24.5 Å². The average Bonchev–Trinajstić information content (AvgIpc) is 2.84. The number of rotatable bonds is 10. The van der Waals surface area contributed by atoms with E-state index in [1.807, 2.05) is 56.3 Å². The summed E-state index contributed by atoms with van der Waals surface area (Å²) < 4.78 is 6.76. The topological polar surface area (TPSA) is 58.6 Å². The highest BCUT2D eigenvalue weighted by atomic mass is 79.9. The van der Waals surface area contributed by atoms with Crippen LogP contribution in [0.25, 0.3) is 0 Å². The van der Waals surface area contributed by atoms with E-state index in [1.54, 1.807) is 4.90 Å². The molecular weight excluding hydrogens is 504 g/mol. The molecule has 0 spiro atoms. The van der Waals surface area contributed by atoms with Gasteiger partial charge in [-0.05, 0) is 76.9 Å². The molecule has 0 unspecified atom stereocenters. The maximum atomic E-state index is 13.5. The minimum Gasteiger partial charge on any atom is -0.483 e. The zero-order valence-electron chi connectivity index (χ0n) is 21.5. The van der Waals surface area contributed by atoms with Crippen molar-refractivity contribution in [2.75, 3.05) is 6.61 Å². The van der Waals surface area contributed by atoms with Crippen LogP contribution in [-0.2, 0) is 16.1 Å². The monoisotopic (exact) mass is 542 g/mol. The second-order valence-electron chi connectivity index (χ2n) is 9.85. The number of carbonyl (C=O) groups is 2. The highest BCUT2D eigenvalue weighted by Crippen LogP contribution is 2.29. The molecule has 2 aromatic carbocycles. The molecule has 1 fully saturated rings. The number of carbonyl (C=O) groups excluding carboxylic acids is 2. The van der Waals surface area contributed by atoms with Gasteiger partial charge in [0.25, 0.3) is 5.91 Å². The fourth-order valence-corrected chi connectivity index (χ4v) is 5.16. The number of nitrogens with one attached hydrogen (secondary N) is 1. The van der Waals surface area contributed by atoms with Crippen LogP contribution in [0.3, 0.4) is 0 Å². The number of amides is 2. The number of halogens is 1. The van der Waals surface area contributed by atoms with E-state index in [0.29, 0.717) is 24.6 Å². The summed E-state index contributed by atoms with van der Waals surface area (Å²) in [6.45, 7) is 8.52. The van der Waals surface area contributed by atoms with Gasteiger partial charge < -0.3 is 15.0 Å². The first-order chi connectivity index (χ1) is 16.8. The zero-order valence-corrected chi connectivity index (χ0v) is 23.1. The molecular formula is C29H39BrN2O3. The molecule has 2 aromatic rings. The summed E-state index contributed by atoms with van der Waals surface area (Å²) in [4.78, 5) is 28.6. The molecule has 2 amide bonds. The third kappa shape index (κ3) is 7.57. The molecule has 0 bridgehead atoms. The van der Waals surface area contributed by atoms with E-state index in [4.69, 9.17) is 4.74 Å². The molecule has 1 N–H and O–H groups in total. The predicted octanol–water partition coefficient (Wildman–Crippen LogP) is 6.52. The quantitative estimate of drug-likeness (QED) is 0.372. The number of nitrogens with zero attached hydrogens (tertiary/aromatic N) is 1. The zero-order chi connectivity index (χ0) is 25.4. The van der Waals surface area contributed by atoms with E-state index >= 15 is 0 Å². The fraction of sp³-hybridized carbons (Fsp3) is 0.517. The van der Waals surface area contributed by atoms with Crippen molar-refractivity contribution in [1.82, 2.24) is 10.2 Å². The van der Waals surface area contributed by atoms with Crippen molar-refractivity contribution >= 4 is 27.7 Å². The summed E-state index contributed by atoms with van der Waals surface area (Å²) in [5, 5.41) is 3.22. The second kappa shape index (κ2) is 13.1. The lowest BCUT2D eigenvalue weighted by Crippen LogP contribution is -2.52. The van der Waals surface area contributed by atoms with Gasteiger partial charge in [-0.3, -0.25) is 9.59 Å². The van der Waals surface area contributed by atoms with Gasteiger partial charge in [-0.15, -0.1) is 0 Å². The van der Waals surface area contributed by atoms with Crippen molar-refractivity contribution in [2.45, 2.75) is 90.8 Å². The van der Waals surface area contributed by atoms with Crippen molar-refractivity contribution in [1.29, 1.82) is 0 Å². The van der Waals surface area contributed by atoms with E-state index in [0.717, 1.165) is 41.3 Å². The van der Waals surface area contributed by atoms with Gasteiger partial charge in [0.1, 0.15) is 11.8 Å². The van der Waals surface area contributed by atoms with Crippen molar-refractivity contribution in [3.8, 4) is 5.75 Å². The van der Waals surface area contributed by atoms with E-state index in [2.05, 4.69) is 35.1 Å². The Kier molecular flexibility index (Phi) is 10.2. The SMILES string of the molecule is CC[C@@H](C(=O)NC1CCCCC1)N(Cc1ccccc1C)C(=O)COc1ccc(C(C)C)cc1Br. The molecule has 0 heterocycles. The normalized spacial score (nSPS) is 15.0. The van der Waals surface area contributed by atoms with Gasteiger partial charge in [0, 0.05) is 12.6 Å². The number of benzene rings is 2. The Morgan fingerprint density at radius 1 is 1.11 bits per heavy atom. The Bertz CT molecular complexity index is 1000. The van der Waals surface area contributed by atoms with Crippen molar-refractivity contribution in [3.05, 3.63) is 63.6 Å². The molecule has 1 aliphatic rings. The van der Waals surface area contributed by atoms with E-state index < -0.39 is 6.04 Å². The summed E-state index contributed by atoms with van der Waals surface area (Å²) >= 11 is 3.57. The van der Waals surface area contributed by atoms with Gasteiger partial charge in [-0.2, -0.15) is 0 Å². The first-order valence-electron chi connectivity index (χ1n) is 12.9. The molecule has 190 valence electrons. The lowest BCUT2D eigenvalue weighted by molar-refractivity contribution is -0.143. The Morgan fingerprint density at radius 2 is 1.83 bits per heavy atom. The first-order valence-corrected chi connectivity index (χ1v) is 13.7. The lowest BCUT2D eigenvalue weighted by atomic mass is 9.95. The average molecular weight is 544 g/mol. The van der Waals surface area contributed by atoms with Crippen LogP contribution in [0, 0.1) is 6.92 Å². The van der Waals surface area contributed by atoms with Crippen LogP contribution >= 0.6 is 15.9 Å². The highest BCUT2D eigenvalue weighted by molar-refractivity contribution is 9.10. The largest absolute Gasteiger partial charge is 0.483 e. The summed E-state index contributed by atoms with van der Waals surface area (Å²) in [6.07, 6.45) is 6.09. The van der Waals surface area contributed by atoms with E-state index in [1.165, 1.54) is 12.0 Å². The minimum absolute atomic E-state index is 0.0659. The maximum absolute atomic E-state index is 13.5. The number of ether oxygens (including phenoxy) is 1. The lowest BCUT2D eigenvalue weighted by Gasteiger charge is -2.33. The van der Waals surface area contributed by atoms with E-state index in [9.17, 15) is 9.59 Å². The second-order valence-corrected chi connectivity index (χ2v) is 10.7. The summed E-state index contributed by atoms with van der Waals surface area (Å²) in [5.74, 6) is 0.764. The molecule has 3 rings (SSSR count). The Balaban J connectivity index is 1.77. The van der Waals surface area contributed by atoms with Gasteiger partial charge in [-0.25, -0.2) is 0 Å². The number of hydrogen-bond donors (Lipinski definition) is 1. The van der Waals surface area contributed by atoms with Crippen LogP contribution in [0.15, 0.2) is 46.9 Å². The van der Waals surface area contributed by atoms with Crippen LogP contribution in [0.1, 0.15) is 81.9 Å². The van der Waals surface area contributed by atoms with Crippen LogP contribution in [-0.4, -0.2) is 35.4 Å². The molecule has 1 atom stereocenters. The fourth-order valence-electron chi connectivity index (χ4n) is 4.65. The molecule has 1 aliphatic carbocycles. The Hall–Kier alpha value is -2.34. The molecule has 0 aromatic heterocycles. The third-order valence-corrected chi connectivity index (χ3v) is 7.53. The molecule has 0 aliphatic heterocycles. The smallest absolute Gasteiger partial charge is 0.261 e. The minimum atomic E-state index is -0.542. The van der Waals surface area contributed by atoms with Crippen LogP contribution in [0.2, 0.25) is 0 Å². The highest BCUT2D eigenvalue weighted by Gasteiger charge is 2.31. The van der Waals surface area contributed by atoms with Gasteiger partial charge in [0.05, 0.1) is 4.47 Å². The van der Waals surface area contributed by atoms with Crippen LogP contribution in [0.5, 0.6) is 5.75 Å². The predicted molar refractivity (Wildman–Crippen MR) is 145 cm³/mol. The van der Waals surface area contributed by atoms with Gasteiger partial charge in [-0.1, -0.05) is 70.4 Å². The Labute approximate surface area is 218 Å². The van der Waals surface area contributed by atoms with Crippen LogP contribution < -0.4 is 10.1 Å². The molecule has 35 heavy (non-hydrogen) atoms.